The highest BCUT2D eigenvalue weighted by Crippen LogP contribution is 2.14. The lowest BCUT2D eigenvalue weighted by atomic mass is 10.1. The summed E-state index contributed by atoms with van der Waals surface area (Å²) < 4.78 is 25.8. The first-order valence-electron chi connectivity index (χ1n) is 6.38. The highest BCUT2D eigenvalue weighted by atomic mass is 19.1. The minimum atomic E-state index is -0.500. The maximum absolute atomic E-state index is 13.0. The Morgan fingerprint density at radius 2 is 1.63 bits per heavy atom. The first kappa shape index (κ1) is 13.7. The van der Waals surface area contributed by atoms with Crippen LogP contribution in [-0.2, 0) is 6.42 Å². The van der Waals surface area contributed by atoms with Crippen molar-refractivity contribution in [3.05, 3.63) is 71.5 Å². The van der Waals surface area contributed by atoms with Crippen LogP contribution in [0.2, 0.25) is 0 Å². The molecule has 0 amide bonds. The number of rotatable bonds is 6. The van der Waals surface area contributed by atoms with Gasteiger partial charge in [0.05, 0.1) is 6.04 Å². The first-order chi connectivity index (χ1) is 9.29. The van der Waals surface area contributed by atoms with Gasteiger partial charge in [-0.05, 0) is 36.2 Å². The van der Waals surface area contributed by atoms with Crippen LogP contribution in [0.25, 0.3) is 0 Å². The molecule has 1 nitrogen and oxygen atoms in total. The molecule has 0 saturated carbocycles. The zero-order valence-corrected chi connectivity index (χ0v) is 10.7. The van der Waals surface area contributed by atoms with Crippen molar-refractivity contribution in [2.45, 2.75) is 12.5 Å². The van der Waals surface area contributed by atoms with Crippen LogP contribution in [0, 0.1) is 5.82 Å². The number of hydrogen-bond acceptors (Lipinski definition) is 1. The van der Waals surface area contributed by atoms with Crippen molar-refractivity contribution in [1.29, 1.82) is 0 Å². The summed E-state index contributed by atoms with van der Waals surface area (Å²) in [7, 11) is 0. The molecule has 1 atom stereocenters. The van der Waals surface area contributed by atoms with Gasteiger partial charge in [-0.3, -0.25) is 0 Å². The maximum Gasteiger partial charge on any atom is 0.123 e. The van der Waals surface area contributed by atoms with E-state index in [-0.39, 0.29) is 11.9 Å². The molecule has 0 saturated heterocycles. The van der Waals surface area contributed by atoms with E-state index in [9.17, 15) is 8.78 Å². The summed E-state index contributed by atoms with van der Waals surface area (Å²) >= 11 is 0. The standard InChI is InChI=1S/C16H17F2N/c17-12-16(14-6-8-15(18)9-7-14)19-11-10-13-4-2-1-3-5-13/h1-9,16,19H,10-12H2. The van der Waals surface area contributed by atoms with Crippen LogP contribution in [0.15, 0.2) is 54.6 Å². The Hall–Kier alpha value is -1.74. The van der Waals surface area contributed by atoms with Crippen molar-refractivity contribution in [3.63, 3.8) is 0 Å². The number of alkyl halides is 1. The Morgan fingerprint density at radius 1 is 0.947 bits per heavy atom. The van der Waals surface area contributed by atoms with Crippen molar-refractivity contribution in [2.75, 3.05) is 13.2 Å². The molecule has 2 rings (SSSR count). The molecule has 0 aliphatic heterocycles. The summed E-state index contributed by atoms with van der Waals surface area (Å²) in [5.41, 5.74) is 1.99. The average Bonchev–Trinajstić information content (AvgIpc) is 2.46. The van der Waals surface area contributed by atoms with Crippen LogP contribution in [0.3, 0.4) is 0 Å². The quantitative estimate of drug-likeness (QED) is 0.836. The van der Waals surface area contributed by atoms with E-state index in [0.29, 0.717) is 6.54 Å². The van der Waals surface area contributed by atoms with Gasteiger partial charge in [-0.15, -0.1) is 0 Å². The third-order valence-electron chi connectivity index (χ3n) is 3.07. The van der Waals surface area contributed by atoms with Crippen molar-refractivity contribution in [3.8, 4) is 0 Å². The van der Waals surface area contributed by atoms with E-state index in [4.69, 9.17) is 0 Å². The lowest BCUT2D eigenvalue weighted by Crippen LogP contribution is -2.25. The summed E-state index contributed by atoms with van der Waals surface area (Å²) in [6, 6.07) is 15.6. The van der Waals surface area contributed by atoms with Gasteiger partial charge < -0.3 is 5.32 Å². The van der Waals surface area contributed by atoms with Gasteiger partial charge >= 0.3 is 0 Å². The number of benzene rings is 2. The van der Waals surface area contributed by atoms with E-state index < -0.39 is 6.67 Å². The fraction of sp³-hybridized carbons (Fsp3) is 0.250. The Balaban J connectivity index is 1.87. The molecule has 2 aromatic carbocycles. The maximum atomic E-state index is 13.0. The monoisotopic (exact) mass is 261 g/mol. The molecule has 19 heavy (non-hydrogen) atoms. The SMILES string of the molecule is FCC(NCCc1ccccc1)c1ccc(F)cc1. The molecular weight excluding hydrogens is 244 g/mol. The van der Waals surface area contributed by atoms with Crippen LogP contribution in [0.5, 0.6) is 0 Å². The Kier molecular flexibility index (Phi) is 5.04. The molecule has 1 N–H and O–H groups in total. The molecule has 0 fully saturated rings. The second-order valence-corrected chi connectivity index (χ2v) is 4.45. The van der Waals surface area contributed by atoms with Gasteiger partial charge in [-0.2, -0.15) is 0 Å². The largest absolute Gasteiger partial charge is 0.307 e. The molecule has 3 heteroatoms. The number of hydrogen-bond donors (Lipinski definition) is 1. The van der Waals surface area contributed by atoms with Gasteiger partial charge in [0.25, 0.3) is 0 Å². The predicted molar refractivity (Wildman–Crippen MR) is 73.3 cm³/mol. The van der Waals surface area contributed by atoms with E-state index in [0.717, 1.165) is 12.0 Å². The van der Waals surface area contributed by atoms with Crippen LogP contribution >= 0.6 is 0 Å². The van der Waals surface area contributed by atoms with Crippen LogP contribution < -0.4 is 5.32 Å². The number of halogens is 2. The Bertz CT molecular complexity index is 482. The molecule has 100 valence electrons. The molecule has 1 unspecified atom stereocenters. The van der Waals surface area contributed by atoms with Gasteiger partial charge in [0.15, 0.2) is 0 Å². The molecule has 2 aromatic rings. The van der Waals surface area contributed by atoms with E-state index in [1.807, 2.05) is 30.3 Å². The average molecular weight is 261 g/mol. The fourth-order valence-electron chi connectivity index (χ4n) is 1.99. The van der Waals surface area contributed by atoms with Crippen molar-refractivity contribution in [2.24, 2.45) is 0 Å². The Morgan fingerprint density at radius 3 is 2.26 bits per heavy atom. The lowest BCUT2D eigenvalue weighted by molar-refractivity contribution is 0.383. The van der Waals surface area contributed by atoms with Gasteiger partial charge in [0.1, 0.15) is 12.5 Å². The van der Waals surface area contributed by atoms with Crippen LogP contribution in [0.4, 0.5) is 8.78 Å². The van der Waals surface area contributed by atoms with E-state index >= 15 is 0 Å². The smallest absolute Gasteiger partial charge is 0.123 e. The normalized spacial score (nSPS) is 12.3. The summed E-state index contributed by atoms with van der Waals surface area (Å²) in [6.45, 7) is 0.191. The van der Waals surface area contributed by atoms with Crippen LogP contribution in [0.1, 0.15) is 17.2 Å². The van der Waals surface area contributed by atoms with Crippen LogP contribution in [-0.4, -0.2) is 13.2 Å². The van der Waals surface area contributed by atoms with Gasteiger partial charge in [-0.25, -0.2) is 8.78 Å². The van der Waals surface area contributed by atoms with E-state index in [1.165, 1.54) is 17.7 Å². The summed E-state index contributed by atoms with van der Waals surface area (Å²) in [6.07, 6.45) is 0.846. The zero-order valence-electron chi connectivity index (χ0n) is 10.7. The lowest BCUT2D eigenvalue weighted by Gasteiger charge is -2.15. The molecule has 0 heterocycles. The predicted octanol–water partition coefficient (Wildman–Crippen LogP) is 3.67. The van der Waals surface area contributed by atoms with E-state index in [1.54, 1.807) is 12.1 Å². The van der Waals surface area contributed by atoms with Gasteiger partial charge in [-0.1, -0.05) is 42.5 Å². The minimum Gasteiger partial charge on any atom is -0.307 e. The minimum absolute atomic E-state index is 0.300. The molecule has 0 spiro atoms. The number of nitrogens with one attached hydrogen (secondary N) is 1. The zero-order chi connectivity index (χ0) is 13.5. The highest BCUT2D eigenvalue weighted by Gasteiger charge is 2.10. The second kappa shape index (κ2) is 7.00. The molecule has 0 aromatic heterocycles. The van der Waals surface area contributed by atoms with Crippen molar-refractivity contribution >= 4 is 0 Å². The highest BCUT2D eigenvalue weighted by molar-refractivity contribution is 5.20. The van der Waals surface area contributed by atoms with Crippen molar-refractivity contribution < 1.29 is 8.78 Å². The molecule has 0 aliphatic carbocycles. The van der Waals surface area contributed by atoms with Gasteiger partial charge in [0, 0.05) is 0 Å². The molecule has 0 aliphatic rings. The second-order valence-electron chi connectivity index (χ2n) is 4.45. The third-order valence-corrected chi connectivity index (χ3v) is 3.07. The summed E-state index contributed by atoms with van der Waals surface area (Å²) in [4.78, 5) is 0. The summed E-state index contributed by atoms with van der Waals surface area (Å²) in [5, 5.41) is 3.16. The molecular formula is C16H17F2N. The molecule has 0 bridgehead atoms. The topological polar surface area (TPSA) is 12.0 Å². The molecule has 0 radical (unpaired) electrons. The van der Waals surface area contributed by atoms with Gasteiger partial charge in [0.2, 0.25) is 0 Å². The fourth-order valence-corrected chi connectivity index (χ4v) is 1.99. The van der Waals surface area contributed by atoms with E-state index in [2.05, 4.69) is 5.32 Å². The Labute approximate surface area is 112 Å². The third kappa shape index (κ3) is 4.14. The van der Waals surface area contributed by atoms with Crippen molar-refractivity contribution in [1.82, 2.24) is 5.32 Å². The first-order valence-corrected chi connectivity index (χ1v) is 6.38. The summed E-state index contributed by atoms with van der Waals surface area (Å²) in [5.74, 6) is -0.300.